The van der Waals surface area contributed by atoms with Gasteiger partial charge in [-0.2, -0.15) is 0 Å². The summed E-state index contributed by atoms with van der Waals surface area (Å²) in [6.07, 6.45) is 1.28. The summed E-state index contributed by atoms with van der Waals surface area (Å²) >= 11 is 0. The van der Waals surface area contributed by atoms with Crippen LogP contribution in [0.4, 0.5) is 10.1 Å². The number of rotatable bonds is 2. The molecule has 0 saturated heterocycles. The molecular weight excluding hydrogens is 249 g/mol. The Morgan fingerprint density at radius 1 is 1.05 bits per heavy atom. The third kappa shape index (κ3) is 2.65. The lowest BCUT2D eigenvalue weighted by atomic mass is 10.2. The Kier molecular flexibility index (Phi) is 3.37. The van der Waals surface area contributed by atoms with Crippen LogP contribution in [-0.2, 0) is 0 Å². The molecule has 0 aromatic heterocycles. The van der Waals surface area contributed by atoms with Crippen LogP contribution in [0.15, 0.2) is 35.3 Å². The number of hydrogen-bond donors (Lipinski definition) is 3. The van der Waals surface area contributed by atoms with E-state index in [2.05, 4.69) is 4.99 Å². The van der Waals surface area contributed by atoms with Crippen LogP contribution in [0.25, 0.3) is 0 Å². The molecule has 0 aliphatic carbocycles. The topological polar surface area (TPSA) is 73.1 Å². The molecule has 5 heteroatoms. The highest BCUT2D eigenvalue weighted by molar-refractivity contribution is 5.87. The molecule has 4 nitrogen and oxygen atoms in total. The first-order chi connectivity index (χ1) is 8.99. The lowest BCUT2D eigenvalue weighted by Crippen LogP contribution is -1.84. The summed E-state index contributed by atoms with van der Waals surface area (Å²) in [5.41, 5.74) is 1.12. The third-order valence-corrected chi connectivity index (χ3v) is 2.67. The van der Waals surface area contributed by atoms with Crippen molar-refractivity contribution >= 4 is 11.9 Å². The Morgan fingerprint density at radius 3 is 2.47 bits per heavy atom. The maximum Gasteiger partial charge on any atom is 0.200 e. The maximum atomic E-state index is 13.3. The van der Waals surface area contributed by atoms with Gasteiger partial charge < -0.3 is 15.3 Å². The van der Waals surface area contributed by atoms with Gasteiger partial charge in [0.25, 0.3) is 0 Å². The number of aryl methyl sites for hydroxylation is 1. The van der Waals surface area contributed by atoms with E-state index in [4.69, 9.17) is 0 Å². The average molecular weight is 261 g/mol. The van der Waals surface area contributed by atoms with E-state index in [1.54, 1.807) is 19.1 Å². The second-order valence-corrected chi connectivity index (χ2v) is 4.06. The van der Waals surface area contributed by atoms with E-state index in [-0.39, 0.29) is 11.4 Å². The van der Waals surface area contributed by atoms with Crippen LogP contribution in [0.5, 0.6) is 17.2 Å². The van der Waals surface area contributed by atoms with Crippen molar-refractivity contribution in [3.8, 4) is 17.2 Å². The summed E-state index contributed by atoms with van der Waals surface area (Å²) in [6.45, 7) is 1.65. The van der Waals surface area contributed by atoms with Crippen LogP contribution in [-0.4, -0.2) is 21.5 Å². The van der Waals surface area contributed by atoms with E-state index >= 15 is 0 Å². The molecule has 0 spiro atoms. The molecule has 0 heterocycles. The summed E-state index contributed by atoms with van der Waals surface area (Å²) in [5.74, 6) is -1.88. The van der Waals surface area contributed by atoms with Crippen LogP contribution in [0, 0.1) is 12.7 Å². The van der Waals surface area contributed by atoms with Crippen molar-refractivity contribution in [3.05, 3.63) is 47.3 Å². The fourth-order valence-electron chi connectivity index (χ4n) is 1.49. The third-order valence-electron chi connectivity index (χ3n) is 2.67. The standard InChI is InChI=1S/C14H12FNO3/c1-8-2-4-10(6-11(8)15)16-7-9-3-5-12(17)14(19)13(9)18/h2-7,17-19H,1H3. The summed E-state index contributed by atoms with van der Waals surface area (Å²) in [5, 5.41) is 28.1. The quantitative estimate of drug-likeness (QED) is 0.574. The number of nitrogens with zero attached hydrogens (tertiary/aromatic N) is 1. The van der Waals surface area contributed by atoms with Gasteiger partial charge in [-0.3, -0.25) is 4.99 Å². The second kappa shape index (κ2) is 4.97. The Bertz CT molecular complexity index is 653. The minimum atomic E-state index is -0.612. The van der Waals surface area contributed by atoms with Gasteiger partial charge in [0.1, 0.15) is 5.82 Å². The van der Waals surface area contributed by atoms with Crippen molar-refractivity contribution in [2.75, 3.05) is 0 Å². The summed E-state index contributed by atoms with van der Waals surface area (Å²) in [6, 6.07) is 7.11. The van der Waals surface area contributed by atoms with Gasteiger partial charge in [-0.05, 0) is 36.8 Å². The van der Waals surface area contributed by atoms with Gasteiger partial charge in [-0.1, -0.05) is 6.07 Å². The van der Waals surface area contributed by atoms with Gasteiger partial charge in [0.05, 0.1) is 5.69 Å². The Hall–Kier alpha value is -2.56. The Balaban J connectivity index is 2.32. The average Bonchev–Trinajstić information content (AvgIpc) is 2.39. The molecule has 2 aromatic rings. The molecule has 0 atom stereocenters. The fraction of sp³-hybridized carbons (Fsp3) is 0.0714. The van der Waals surface area contributed by atoms with Crippen LogP contribution < -0.4 is 0 Å². The predicted molar refractivity (Wildman–Crippen MR) is 69.8 cm³/mol. The SMILES string of the molecule is Cc1ccc(N=Cc2ccc(O)c(O)c2O)cc1F. The highest BCUT2D eigenvalue weighted by Crippen LogP contribution is 2.36. The van der Waals surface area contributed by atoms with Gasteiger partial charge in [-0.15, -0.1) is 0 Å². The first-order valence-corrected chi connectivity index (χ1v) is 5.53. The molecule has 3 N–H and O–H groups in total. The smallest absolute Gasteiger partial charge is 0.200 e. The van der Waals surface area contributed by atoms with Gasteiger partial charge in [-0.25, -0.2) is 4.39 Å². The van der Waals surface area contributed by atoms with Gasteiger partial charge >= 0.3 is 0 Å². The number of aromatic hydroxyl groups is 3. The van der Waals surface area contributed by atoms with Gasteiger partial charge in [0.15, 0.2) is 11.5 Å². The molecule has 0 aliphatic heterocycles. The second-order valence-electron chi connectivity index (χ2n) is 4.06. The molecular formula is C14H12FNO3. The van der Waals surface area contributed by atoms with Crippen LogP contribution in [0.2, 0.25) is 0 Å². The molecule has 0 aliphatic rings. The zero-order chi connectivity index (χ0) is 14.0. The molecule has 0 unspecified atom stereocenters. The number of hydrogen-bond acceptors (Lipinski definition) is 4. The van der Waals surface area contributed by atoms with E-state index in [0.717, 1.165) is 0 Å². The highest BCUT2D eigenvalue weighted by atomic mass is 19.1. The summed E-state index contributed by atoms with van der Waals surface area (Å²) in [7, 11) is 0. The number of halogens is 1. The number of phenols is 3. The van der Waals surface area contributed by atoms with E-state index in [9.17, 15) is 19.7 Å². The highest BCUT2D eigenvalue weighted by Gasteiger charge is 2.09. The van der Waals surface area contributed by atoms with Crippen LogP contribution in [0.1, 0.15) is 11.1 Å². The van der Waals surface area contributed by atoms with E-state index < -0.39 is 17.2 Å². The predicted octanol–water partition coefficient (Wildman–Crippen LogP) is 3.00. The normalized spacial score (nSPS) is 11.1. The van der Waals surface area contributed by atoms with E-state index in [0.29, 0.717) is 11.3 Å². The van der Waals surface area contributed by atoms with Crippen molar-refractivity contribution < 1.29 is 19.7 Å². The Labute approximate surface area is 109 Å². The lowest BCUT2D eigenvalue weighted by Gasteiger charge is -2.03. The minimum Gasteiger partial charge on any atom is -0.504 e. The molecule has 0 fully saturated rings. The van der Waals surface area contributed by atoms with Crippen LogP contribution >= 0.6 is 0 Å². The van der Waals surface area contributed by atoms with Gasteiger partial charge in [0.2, 0.25) is 5.75 Å². The van der Waals surface area contributed by atoms with Crippen molar-refractivity contribution in [1.29, 1.82) is 0 Å². The van der Waals surface area contributed by atoms with Crippen molar-refractivity contribution in [3.63, 3.8) is 0 Å². The summed E-state index contributed by atoms with van der Waals surface area (Å²) in [4.78, 5) is 3.99. The number of phenolic OH excluding ortho intramolecular Hbond substituents is 3. The lowest BCUT2D eigenvalue weighted by molar-refractivity contribution is 0.367. The summed E-state index contributed by atoms with van der Waals surface area (Å²) < 4.78 is 13.3. The fourth-order valence-corrected chi connectivity index (χ4v) is 1.49. The molecule has 0 amide bonds. The number of benzene rings is 2. The molecule has 2 aromatic carbocycles. The van der Waals surface area contributed by atoms with Crippen molar-refractivity contribution in [1.82, 2.24) is 0 Å². The number of aliphatic imine (C=N–C) groups is 1. The maximum absolute atomic E-state index is 13.3. The molecule has 0 bridgehead atoms. The molecule has 98 valence electrons. The van der Waals surface area contributed by atoms with E-state index in [1.165, 1.54) is 24.4 Å². The molecule has 0 radical (unpaired) electrons. The first-order valence-electron chi connectivity index (χ1n) is 5.53. The van der Waals surface area contributed by atoms with Crippen LogP contribution in [0.3, 0.4) is 0 Å². The Morgan fingerprint density at radius 2 is 1.79 bits per heavy atom. The monoisotopic (exact) mass is 261 g/mol. The molecule has 19 heavy (non-hydrogen) atoms. The van der Waals surface area contributed by atoms with Crippen molar-refractivity contribution in [2.45, 2.75) is 6.92 Å². The molecule has 0 saturated carbocycles. The molecule has 2 rings (SSSR count). The zero-order valence-corrected chi connectivity index (χ0v) is 10.1. The van der Waals surface area contributed by atoms with Crippen molar-refractivity contribution in [2.24, 2.45) is 4.99 Å². The first kappa shape index (κ1) is 12.9. The zero-order valence-electron chi connectivity index (χ0n) is 10.1. The minimum absolute atomic E-state index is 0.219. The largest absolute Gasteiger partial charge is 0.504 e. The van der Waals surface area contributed by atoms with Gasteiger partial charge in [0, 0.05) is 11.8 Å². The van der Waals surface area contributed by atoms with E-state index in [1.807, 2.05) is 0 Å².